The van der Waals surface area contributed by atoms with Crippen LogP contribution in [-0.4, -0.2) is 50.6 Å². The van der Waals surface area contributed by atoms with Gasteiger partial charge in [-0.1, -0.05) is 0 Å². The molecule has 9 heteroatoms. The summed E-state index contributed by atoms with van der Waals surface area (Å²) in [5, 5.41) is 6.55. The third-order valence-corrected chi connectivity index (χ3v) is 6.30. The molecule has 3 rings (SSSR count). The number of hydrogen-bond acceptors (Lipinski definition) is 5. The molecule has 162 valence electrons. The van der Waals surface area contributed by atoms with E-state index in [9.17, 15) is 18.0 Å². The topological polar surface area (TPSA) is 59.6 Å². The molecule has 0 radical (unpaired) electrons. The fourth-order valence-corrected chi connectivity index (χ4v) is 4.33. The number of benzene rings is 1. The van der Waals surface area contributed by atoms with Crippen molar-refractivity contribution in [2.45, 2.75) is 55.4 Å². The minimum absolute atomic E-state index is 0.0569. The highest BCUT2D eigenvalue weighted by molar-refractivity contribution is 7.98. The van der Waals surface area contributed by atoms with E-state index >= 15 is 0 Å². The summed E-state index contributed by atoms with van der Waals surface area (Å²) in [5.41, 5.74) is -0.721. The number of carbonyl (C=O) groups is 1. The van der Waals surface area contributed by atoms with Crippen molar-refractivity contribution in [2.75, 3.05) is 26.6 Å². The molecule has 2 aliphatic rings. The predicted molar refractivity (Wildman–Crippen MR) is 106 cm³/mol. The standard InChI is InChI=1S/C20H27F3N2O3S/c1-11(12-4-5-12)24-14-6-7-28-10-15(14)25-19(26)18-16(27-2)8-13(20(21,22)23)9-17(18)29-3/h8-9,11-12,14-15,24H,4-7,10H2,1-3H3,(H,25,26)/t11?,14-,15+/m1/s1. The molecule has 1 aliphatic carbocycles. The van der Waals surface area contributed by atoms with Crippen molar-refractivity contribution in [3.8, 4) is 5.75 Å². The molecule has 2 fully saturated rings. The van der Waals surface area contributed by atoms with Crippen LogP contribution in [0.15, 0.2) is 17.0 Å². The fraction of sp³-hybridized carbons (Fsp3) is 0.650. The van der Waals surface area contributed by atoms with E-state index in [1.165, 1.54) is 20.0 Å². The molecule has 1 aromatic rings. The number of amides is 1. The van der Waals surface area contributed by atoms with E-state index < -0.39 is 17.6 Å². The minimum Gasteiger partial charge on any atom is -0.496 e. The fourth-order valence-electron chi connectivity index (χ4n) is 3.69. The first kappa shape index (κ1) is 22.2. The monoisotopic (exact) mass is 432 g/mol. The Morgan fingerprint density at radius 1 is 1.28 bits per heavy atom. The van der Waals surface area contributed by atoms with Crippen LogP contribution in [0.1, 0.15) is 42.1 Å². The Kier molecular flexibility index (Phi) is 7.01. The molecule has 2 N–H and O–H groups in total. The normalized spacial score (nSPS) is 23.5. The van der Waals surface area contributed by atoms with Crippen LogP contribution in [0.4, 0.5) is 13.2 Å². The highest BCUT2D eigenvalue weighted by Crippen LogP contribution is 2.38. The van der Waals surface area contributed by atoms with Crippen molar-refractivity contribution in [3.63, 3.8) is 0 Å². The van der Waals surface area contributed by atoms with Gasteiger partial charge in [0.25, 0.3) is 5.91 Å². The Hall–Kier alpha value is -1.45. The van der Waals surface area contributed by atoms with Gasteiger partial charge in [-0.2, -0.15) is 13.2 Å². The molecule has 1 unspecified atom stereocenters. The Balaban J connectivity index is 1.81. The van der Waals surface area contributed by atoms with E-state index in [1.807, 2.05) is 0 Å². The van der Waals surface area contributed by atoms with Gasteiger partial charge >= 0.3 is 6.18 Å². The zero-order chi connectivity index (χ0) is 21.2. The van der Waals surface area contributed by atoms with Crippen molar-refractivity contribution < 1.29 is 27.4 Å². The van der Waals surface area contributed by atoms with Crippen LogP contribution < -0.4 is 15.4 Å². The van der Waals surface area contributed by atoms with Crippen molar-refractivity contribution in [2.24, 2.45) is 5.92 Å². The molecule has 0 aromatic heterocycles. The zero-order valence-corrected chi connectivity index (χ0v) is 17.6. The number of nitrogens with one attached hydrogen (secondary N) is 2. The molecule has 1 aromatic carbocycles. The summed E-state index contributed by atoms with van der Waals surface area (Å²) in [4.78, 5) is 13.3. The van der Waals surface area contributed by atoms with Gasteiger partial charge in [-0.3, -0.25) is 4.79 Å². The van der Waals surface area contributed by atoms with E-state index in [4.69, 9.17) is 9.47 Å². The van der Waals surface area contributed by atoms with E-state index in [2.05, 4.69) is 17.6 Å². The van der Waals surface area contributed by atoms with Crippen molar-refractivity contribution >= 4 is 17.7 Å². The predicted octanol–water partition coefficient (Wildman–Crippen LogP) is 3.71. The summed E-state index contributed by atoms with van der Waals surface area (Å²) in [6.45, 7) is 3.12. The molecule has 0 spiro atoms. The number of methoxy groups -OCH3 is 1. The quantitative estimate of drug-likeness (QED) is 0.644. The largest absolute Gasteiger partial charge is 0.496 e. The van der Waals surface area contributed by atoms with Gasteiger partial charge in [-0.05, 0) is 50.5 Å². The average molecular weight is 433 g/mol. The lowest BCUT2D eigenvalue weighted by Crippen LogP contribution is -2.57. The maximum atomic E-state index is 13.2. The molecule has 1 aliphatic heterocycles. The Bertz CT molecular complexity index is 715. The Morgan fingerprint density at radius 3 is 2.59 bits per heavy atom. The Morgan fingerprint density at radius 2 is 2.00 bits per heavy atom. The molecule has 29 heavy (non-hydrogen) atoms. The molecular formula is C20H27F3N2O3S. The number of halogens is 3. The Labute approximate surface area is 173 Å². The molecule has 1 amide bonds. The average Bonchev–Trinajstić information content (AvgIpc) is 3.52. The van der Waals surface area contributed by atoms with Crippen LogP contribution in [0.25, 0.3) is 0 Å². The molecule has 1 saturated heterocycles. The van der Waals surface area contributed by atoms with Crippen LogP contribution in [0.3, 0.4) is 0 Å². The zero-order valence-electron chi connectivity index (χ0n) is 16.8. The van der Waals surface area contributed by atoms with E-state index in [0.717, 1.165) is 30.3 Å². The summed E-state index contributed by atoms with van der Waals surface area (Å²) < 4.78 is 50.2. The lowest BCUT2D eigenvalue weighted by atomic mass is 10.0. The lowest BCUT2D eigenvalue weighted by molar-refractivity contribution is -0.137. The third-order valence-electron chi connectivity index (χ3n) is 5.54. The van der Waals surface area contributed by atoms with Gasteiger partial charge in [0.2, 0.25) is 0 Å². The van der Waals surface area contributed by atoms with E-state index in [1.54, 1.807) is 6.26 Å². The summed E-state index contributed by atoms with van der Waals surface area (Å²) in [7, 11) is 1.27. The number of rotatable bonds is 7. The van der Waals surface area contributed by atoms with Gasteiger partial charge in [-0.15, -0.1) is 11.8 Å². The lowest BCUT2D eigenvalue weighted by Gasteiger charge is -2.35. The molecular weight excluding hydrogens is 405 g/mol. The summed E-state index contributed by atoms with van der Waals surface area (Å²) >= 11 is 1.08. The van der Waals surface area contributed by atoms with Crippen molar-refractivity contribution in [1.29, 1.82) is 0 Å². The number of carbonyl (C=O) groups excluding carboxylic acids is 1. The van der Waals surface area contributed by atoms with Crippen LogP contribution in [0.2, 0.25) is 0 Å². The summed E-state index contributed by atoms with van der Waals surface area (Å²) in [6, 6.07) is 2.02. The van der Waals surface area contributed by atoms with Crippen molar-refractivity contribution in [3.05, 3.63) is 23.3 Å². The number of alkyl halides is 3. The molecule has 3 atom stereocenters. The van der Waals surface area contributed by atoms with E-state index in [-0.39, 0.29) is 28.3 Å². The van der Waals surface area contributed by atoms with Crippen LogP contribution in [0.5, 0.6) is 5.75 Å². The SMILES string of the molecule is COc1cc(C(F)(F)F)cc(SC)c1C(=O)N[C@H]1COCC[C@H]1NC(C)C1CC1. The van der Waals surface area contributed by atoms with Gasteiger partial charge in [0.1, 0.15) is 5.75 Å². The molecule has 5 nitrogen and oxygen atoms in total. The number of thioether (sulfide) groups is 1. The van der Waals surface area contributed by atoms with Gasteiger partial charge in [0.05, 0.1) is 30.9 Å². The number of ether oxygens (including phenoxy) is 2. The third kappa shape index (κ3) is 5.38. The molecule has 1 heterocycles. The number of hydrogen-bond donors (Lipinski definition) is 2. The van der Waals surface area contributed by atoms with Crippen molar-refractivity contribution in [1.82, 2.24) is 10.6 Å². The first-order chi connectivity index (χ1) is 13.7. The van der Waals surface area contributed by atoms with Crippen LogP contribution in [0, 0.1) is 5.92 Å². The van der Waals surface area contributed by atoms with Crippen LogP contribution in [-0.2, 0) is 10.9 Å². The van der Waals surface area contributed by atoms with Gasteiger partial charge in [-0.25, -0.2) is 0 Å². The molecule has 1 saturated carbocycles. The molecule has 0 bridgehead atoms. The maximum Gasteiger partial charge on any atom is 0.416 e. The smallest absolute Gasteiger partial charge is 0.416 e. The highest BCUT2D eigenvalue weighted by atomic mass is 32.2. The summed E-state index contributed by atoms with van der Waals surface area (Å²) in [5.74, 6) is 0.128. The maximum absolute atomic E-state index is 13.2. The highest BCUT2D eigenvalue weighted by Gasteiger charge is 2.36. The van der Waals surface area contributed by atoms with Crippen LogP contribution >= 0.6 is 11.8 Å². The van der Waals surface area contributed by atoms with Gasteiger partial charge in [0.15, 0.2) is 0 Å². The summed E-state index contributed by atoms with van der Waals surface area (Å²) in [6.07, 6.45) is 0.319. The first-order valence-corrected chi connectivity index (χ1v) is 10.9. The second kappa shape index (κ2) is 9.14. The first-order valence-electron chi connectivity index (χ1n) is 9.72. The minimum atomic E-state index is -4.52. The van der Waals surface area contributed by atoms with E-state index in [0.29, 0.717) is 25.2 Å². The second-order valence-electron chi connectivity index (χ2n) is 7.60. The second-order valence-corrected chi connectivity index (χ2v) is 8.44. The van der Waals surface area contributed by atoms with Gasteiger partial charge in [0, 0.05) is 23.6 Å². The van der Waals surface area contributed by atoms with Gasteiger partial charge < -0.3 is 20.1 Å².